The molecule has 1 unspecified atom stereocenters. The van der Waals surface area contributed by atoms with E-state index in [1.165, 1.54) is 18.2 Å². The van der Waals surface area contributed by atoms with Gasteiger partial charge in [-0.25, -0.2) is 0 Å². The van der Waals surface area contributed by atoms with E-state index in [9.17, 15) is 43.2 Å². The molecule has 0 fully saturated rings. The second-order valence-corrected chi connectivity index (χ2v) is 9.59. The SMILES string of the molecule is O=S(=O)(Oc1ccc(C2COc3cc(OS(=O)(=O)C(F)(F)F)ccc3C2)cc1)C(F)(F)F. The number of fused-ring (bicyclic) bond motifs is 1. The van der Waals surface area contributed by atoms with Crippen LogP contribution in [0.25, 0.3) is 0 Å². The van der Waals surface area contributed by atoms with Gasteiger partial charge in [0.15, 0.2) is 0 Å². The van der Waals surface area contributed by atoms with Crippen LogP contribution in [0.1, 0.15) is 17.0 Å². The van der Waals surface area contributed by atoms with Crippen LogP contribution in [0.15, 0.2) is 42.5 Å². The lowest BCUT2D eigenvalue weighted by atomic mass is 9.90. The lowest BCUT2D eigenvalue weighted by Gasteiger charge is -2.26. The van der Waals surface area contributed by atoms with Gasteiger partial charge in [-0.15, -0.1) is 0 Å². The molecule has 3 rings (SSSR count). The van der Waals surface area contributed by atoms with Crippen LogP contribution in [0.2, 0.25) is 0 Å². The van der Waals surface area contributed by atoms with Crippen LogP contribution < -0.4 is 13.1 Å². The number of rotatable bonds is 5. The van der Waals surface area contributed by atoms with Gasteiger partial charge in [-0.05, 0) is 35.7 Å². The molecule has 0 aliphatic carbocycles. The summed E-state index contributed by atoms with van der Waals surface area (Å²) in [5, 5.41) is 0. The molecule has 0 N–H and O–H groups in total. The Morgan fingerprint density at radius 2 is 1.28 bits per heavy atom. The Hall–Kier alpha value is -2.68. The van der Waals surface area contributed by atoms with Crippen molar-refractivity contribution < 1.29 is 56.3 Å². The predicted molar refractivity (Wildman–Crippen MR) is 96.0 cm³/mol. The molecule has 1 aliphatic rings. The third-order valence-corrected chi connectivity index (χ3v) is 6.23. The fourth-order valence-electron chi connectivity index (χ4n) is 2.76. The summed E-state index contributed by atoms with van der Waals surface area (Å²) in [4.78, 5) is 0. The summed E-state index contributed by atoms with van der Waals surface area (Å²) in [7, 11) is -11.6. The second kappa shape index (κ2) is 8.03. The largest absolute Gasteiger partial charge is 0.534 e. The van der Waals surface area contributed by atoms with Gasteiger partial charge in [0.25, 0.3) is 0 Å². The molecule has 1 heterocycles. The molecule has 1 atom stereocenters. The van der Waals surface area contributed by atoms with E-state index in [4.69, 9.17) is 4.74 Å². The molecule has 15 heteroatoms. The van der Waals surface area contributed by atoms with Crippen molar-refractivity contribution in [3.05, 3.63) is 53.6 Å². The van der Waals surface area contributed by atoms with Gasteiger partial charge in [0, 0.05) is 12.0 Å². The van der Waals surface area contributed by atoms with Crippen LogP contribution in [-0.2, 0) is 26.7 Å². The Morgan fingerprint density at radius 3 is 1.81 bits per heavy atom. The van der Waals surface area contributed by atoms with Crippen molar-refractivity contribution in [1.82, 2.24) is 0 Å². The van der Waals surface area contributed by atoms with Crippen molar-refractivity contribution in [2.45, 2.75) is 23.4 Å². The van der Waals surface area contributed by atoms with Gasteiger partial charge in [-0.1, -0.05) is 18.2 Å². The molecule has 0 spiro atoms. The zero-order chi connectivity index (χ0) is 23.9. The molecule has 1 aliphatic heterocycles. The summed E-state index contributed by atoms with van der Waals surface area (Å²) >= 11 is 0. The summed E-state index contributed by atoms with van der Waals surface area (Å²) in [5.74, 6) is -1.36. The summed E-state index contributed by atoms with van der Waals surface area (Å²) in [6.45, 7) is 0.00350. The summed E-state index contributed by atoms with van der Waals surface area (Å²) in [6, 6.07) is 8.08. The number of benzene rings is 2. The molecule has 0 saturated heterocycles. The highest BCUT2D eigenvalue weighted by Crippen LogP contribution is 2.37. The Labute approximate surface area is 177 Å². The van der Waals surface area contributed by atoms with Crippen LogP contribution in [0.4, 0.5) is 26.3 Å². The molecule has 32 heavy (non-hydrogen) atoms. The minimum absolute atomic E-state index is 0.00350. The summed E-state index contributed by atoms with van der Waals surface area (Å²) < 4.78 is 132. The maximum Gasteiger partial charge on any atom is 0.534 e. The monoisotopic (exact) mass is 506 g/mol. The van der Waals surface area contributed by atoms with Crippen LogP contribution in [0.5, 0.6) is 17.2 Å². The van der Waals surface area contributed by atoms with Gasteiger partial charge in [0.2, 0.25) is 0 Å². The van der Waals surface area contributed by atoms with E-state index >= 15 is 0 Å². The minimum atomic E-state index is -5.84. The zero-order valence-electron chi connectivity index (χ0n) is 15.5. The van der Waals surface area contributed by atoms with Gasteiger partial charge >= 0.3 is 31.3 Å². The van der Waals surface area contributed by atoms with Gasteiger partial charge in [-0.3, -0.25) is 0 Å². The lowest BCUT2D eigenvalue weighted by molar-refractivity contribution is -0.0504. The van der Waals surface area contributed by atoms with Crippen LogP contribution >= 0.6 is 0 Å². The van der Waals surface area contributed by atoms with E-state index in [-0.39, 0.29) is 18.3 Å². The molecule has 2 aromatic carbocycles. The van der Waals surface area contributed by atoms with Crippen LogP contribution in [-0.4, -0.2) is 34.5 Å². The molecular formula is C17H12F6O7S2. The summed E-state index contributed by atoms with van der Waals surface area (Å²) in [5.41, 5.74) is -10.1. The number of ether oxygens (including phenoxy) is 1. The van der Waals surface area contributed by atoms with Crippen molar-refractivity contribution in [1.29, 1.82) is 0 Å². The maximum absolute atomic E-state index is 12.4. The Balaban J connectivity index is 1.72. The Morgan fingerprint density at radius 1 is 0.781 bits per heavy atom. The number of halogens is 6. The van der Waals surface area contributed by atoms with Crippen molar-refractivity contribution in [2.75, 3.05) is 6.61 Å². The standard InChI is InChI=1S/C17H12F6O7S2/c18-16(19,20)31(24,25)29-13-4-1-10(2-5-13)12-7-11-3-6-14(8-15(11)28-9-12)30-32(26,27)17(21,22)23/h1-6,8,12H,7,9H2. The third-order valence-electron chi connectivity index (χ3n) is 4.28. The molecular weight excluding hydrogens is 494 g/mol. The first-order valence-electron chi connectivity index (χ1n) is 8.46. The summed E-state index contributed by atoms with van der Waals surface area (Å²) in [6.07, 6.45) is 0.294. The normalized spacial score (nSPS) is 17.2. The minimum Gasteiger partial charge on any atom is -0.493 e. The topological polar surface area (TPSA) is 96.0 Å². The molecule has 0 aromatic heterocycles. The first-order chi connectivity index (χ1) is 14.6. The highest BCUT2D eigenvalue weighted by molar-refractivity contribution is 7.88. The van der Waals surface area contributed by atoms with Gasteiger partial charge in [0.1, 0.15) is 17.2 Å². The average Bonchev–Trinajstić information content (AvgIpc) is 2.66. The zero-order valence-corrected chi connectivity index (χ0v) is 17.1. The highest BCUT2D eigenvalue weighted by Gasteiger charge is 2.49. The third kappa shape index (κ3) is 5.03. The van der Waals surface area contributed by atoms with E-state index in [1.54, 1.807) is 0 Å². The molecule has 0 saturated carbocycles. The van der Waals surface area contributed by atoms with Gasteiger partial charge in [0.05, 0.1) is 6.61 Å². The van der Waals surface area contributed by atoms with E-state index in [0.29, 0.717) is 17.5 Å². The fourth-order valence-corrected chi connectivity index (χ4v) is 3.67. The van der Waals surface area contributed by atoms with Crippen molar-refractivity contribution in [2.24, 2.45) is 0 Å². The van der Waals surface area contributed by atoms with Crippen molar-refractivity contribution >= 4 is 20.2 Å². The first kappa shape index (κ1) is 24.0. The van der Waals surface area contributed by atoms with E-state index in [1.807, 2.05) is 0 Å². The molecule has 176 valence electrons. The first-order valence-corrected chi connectivity index (χ1v) is 11.3. The van der Waals surface area contributed by atoms with Crippen molar-refractivity contribution in [3.8, 4) is 17.2 Å². The number of hydrogen-bond donors (Lipinski definition) is 0. The smallest absolute Gasteiger partial charge is 0.493 e. The molecule has 0 amide bonds. The lowest BCUT2D eigenvalue weighted by Crippen LogP contribution is -2.28. The number of hydrogen-bond acceptors (Lipinski definition) is 7. The van der Waals surface area contributed by atoms with E-state index in [0.717, 1.165) is 24.3 Å². The Bertz CT molecular complexity index is 1200. The van der Waals surface area contributed by atoms with Gasteiger partial charge < -0.3 is 13.1 Å². The average molecular weight is 506 g/mol. The highest BCUT2D eigenvalue weighted by atomic mass is 32.2. The molecule has 2 aromatic rings. The van der Waals surface area contributed by atoms with E-state index < -0.39 is 42.8 Å². The van der Waals surface area contributed by atoms with Crippen LogP contribution in [0, 0.1) is 0 Å². The molecule has 0 radical (unpaired) electrons. The molecule has 0 bridgehead atoms. The van der Waals surface area contributed by atoms with Gasteiger partial charge in [-0.2, -0.15) is 43.2 Å². The second-order valence-electron chi connectivity index (χ2n) is 6.52. The van der Waals surface area contributed by atoms with Crippen molar-refractivity contribution in [3.63, 3.8) is 0 Å². The van der Waals surface area contributed by atoms with E-state index in [2.05, 4.69) is 8.37 Å². The molecule has 7 nitrogen and oxygen atoms in total. The van der Waals surface area contributed by atoms with Crippen LogP contribution in [0.3, 0.4) is 0 Å². The fraction of sp³-hybridized carbons (Fsp3) is 0.294. The predicted octanol–water partition coefficient (Wildman–Crippen LogP) is 3.86. The number of alkyl halides is 6. The maximum atomic E-state index is 12.4. The quantitative estimate of drug-likeness (QED) is 0.345. The Kier molecular flexibility index (Phi) is 6.01.